The van der Waals surface area contributed by atoms with Gasteiger partial charge in [-0.1, -0.05) is 12.1 Å². The number of carboxylic acid groups (broad SMARTS) is 1. The number of aromatic carboxylic acids is 1. The minimum atomic E-state index is -1.28. The fourth-order valence-corrected chi connectivity index (χ4v) is 1.55. The fraction of sp³-hybridized carbons (Fsp3) is 0.0769. The van der Waals surface area contributed by atoms with Crippen LogP contribution in [0.4, 0.5) is 11.5 Å². The molecule has 5 heteroatoms. The zero-order valence-corrected chi connectivity index (χ0v) is 9.71. The van der Waals surface area contributed by atoms with Crippen LogP contribution in [0.25, 0.3) is 0 Å². The van der Waals surface area contributed by atoms with Gasteiger partial charge in [0.2, 0.25) is 0 Å². The third-order valence-electron chi connectivity index (χ3n) is 2.39. The Hall–Kier alpha value is -2.56. The topological polar surface area (TPSA) is 74.3 Å². The number of carbonyl (C=O) groups is 1. The first kappa shape index (κ1) is 11.9. The molecule has 1 N–H and O–H groups in total. The fourth-order valence-electron chi connectivity index (χ4n) is 1.55. The maximum atomic E-state index is 10.9. The molecule has 1 aromatic carbocycles. The van der Waals surface area contributed by atoms with Gasteiger partial charge in [-0.15, -0.1) is 0 Å². The number of hydrogen-bond donors (Lipinski definition) is 1. The molecule has 0 aliphatic rings. The van der Waals surface area contributed by atoms with Gasteiger partial charge in [0, 0.05) is 11.8 Å². The lowest BCUT2D eigenvalue weighted by atomic mass is 10.2. The molecule has 1 heterocycles. The summed E-state index contributed by atoms with van der Waals surface area (Å²) in [6.07, 6.45) is 1.50. The van der Waals surface area contributed by atoms with Crippen molar-refractivity contribution in [1.82, 2.24) is 4.98 Å². The highest BCUT2D eigenvalue weighted by Gasteiger charge is 2.07. The van der Waals surface area contributed by atoms with Crippen molar-refractivity contribution in [3.05, 3.63) is 48.2 Å². The van der Waals surface area contributed by atoms with Crippen molar-refractivity contribution in [1.29, 1.82) is 0 Å². The van der Waals surface area contributed by atoms with Crippen LogP contribution in [0.3, 0.4) is 0 Å². The first-order valence-corrected chi connectivity index (χ1v) is 5.29. The van der Waals surface area contributed by atoms with E-state index in [1.807, 2.05) is 12.1 Å². The Morgan fingerprint density at radius 2 is 2.06 bits per heavy atom. The van der Waals surface area contributed by atoms with Gasteiger partial charge in [-0.2, -0.15) is 0 Å². The van der Waals surface area contributed by atoms with Crippen molar-refractivity contribution in [2.24, 2.45) is 0 Å². The molecule has 0 saturated carbocycles. The molecule has 92 valence electrons. The molecule has 0 radical (unpaired) electrons. The molecule has 0 saturated heterocycles. The van der Waals surface area contributed by atoms with Crippen molar-refractivity contribution in [2.45, 2.75) is 0 Å². The lowest BCUT2D eigenvalue weighted by molar-refractivity contribution is -0.254. The Morgan fingerprint density at radius 3 is 2.78 bits per heavy atom. The summed E-state index contributed by atoms with van der Waals surface area (Å²) in [5.74, 6) is -0.449. The molecular weight excluding hydrogens is 232 g/mol. The third-order valence-corrected chi connectivity index (χ3v) is 2.39. The summed E-state index contributed by atoms with van der Waals surface area (Å²) in [4.78, 5) is 14.9. The average molecular weight is 243 g/mol. The van der Waals surface area contributed by atoms with Gasteiger partial charge in [-0.3, -0.25) is 0 Å². The normalized spacial score (nSPS) is 9.83. The van der Waals surface area contributed by atoms with Crippen LogP contribution in [0.5, 0.6) is 5.75 Å². The van der Waals surface area contributed by atoms with Crippen LogP contribution in [0.1, 0.15) is 10.4 Å². The van der Waals surface area contributed by atoms with E-state index < -0.39 is 5.97 Å². The monoisotopic (exact) mass is 243 g/mol. The van der Waals surface area contributed by atoms with Gasteiger partial charge >= 0.3 is 0 Å². The van der Waals surface area contributed by atoms with Crippen molar-refractivity contribution in [3.63, 3.8) is 0 Å². The van der Waals surface area contributed by atoms with Gasteiger partial charge in [-0.25, -0.2) is 4.98 Å². The van der Waals surface area contributed by atoms with E-state index in [1.165, 1.54) is 12.3 Å². The molecule has 1 aromatic heterocycles. The van der Waals surface area contributed by atoms with E-state index in [9.17, 15) is 9.90 Å². The number of hydrogen-bond acceptors (Lipinski definition) is 5. The van der Waals surface area contributed by atoms with Crippen LogP contribution in [-0.2, 0) is 0 Å². The summed E-state index contributed by atoms with van der Waals surface area (Å²) in [7, 11) is 1.54. The molecule has 0 aliphatic carbocycles. The van der Waals surface area contributed by atoms with E-state index >= 15 is 0 Å². The minimum Gasteiger partial charge on any atom is -0.545 e. The molecule has 5 nitrogen and oxygen atoms in total. The van der Waals surface area contributed by atoms with Crippen molar-refractivity contribution in [2.75, 3.05) is 12.4 Å². The smallest absolute Gasteiger partial charge is 0.142 e. The Bertz CT molecular complexity index is 570. The lowest BCUT2D eigenvalue weighted by Crippen LogP contribution is -2.23. The number of carboxylic acids is 1. The van der Waals surface area contributed by atoms with Crippen LogP contribution in [0.2, 0.25) is 0 Å². The van der Waals surface area contributed by atoms with E-state index in [4.69, 9.17) is 4.74 Å². The third kappa shape index (κ3) is 2.40. The van der Waals surface area contributed by atoms with E-state index in [2.05, 4.69) is 10.3 Å². The molecule has 18 heavy (non-hydrogen) atoms. The Morgan fingerprint density at radius 1 is 1.28 bits per heavy atom. The molecule has 0 atom stereocenters. The summed E-state index contributed by atoms with van der Waals surface area (Å²) >= 11 is 0. The molecule has 0 amide bonds. The maximum absolute atomic E-state index is 10.9. The number of nitrogens with zero attached hydrogens (tertiary/aromatic N) is 1. The van der Waals surface area contributed by atoms with Crippen LogP contribution < -0.4 is 15.2 Å². The summed E-state index contributed by atoms with van der Waals surface area (Å²) < 4.78 is 5.16. The summed E-state index contributed by atoms with van der Waals surface area (Å²) in [5, 5.41) is 13.9. The Labute approximate surface area is 104 Å². The predicted octanol–water partition coefficient (Wildman–Crippen LogP) is 1.20. The number of para-hydroxylation sites is 2. The van der Waals surface area contributed by atoms with Gasteiger partial charge in [0.05, 0.1) is 18.8 Å². The molecule has 0 fully saturated rings. The molecule has 0 spiro atoms. The minimum absolute atomic E-state index is 0.00315. The van der Waals surface area contributed by atoms with E-state index in [-0.39, 0.29) is 11.4 Å². The largest absolute Gasteiger partial charge is 0.545 e. The summed E-state index contributed by atoms with van der Waals surface area (Å²) in [6, 6.07) is 10.1. The molecule has 2 rings (SSSR count). The number of benzene rings is 1. The van der Waals surface area contributed by atoms with Gasteiger partial charge < -0.3 is 20.0 Å². The van der Waals surface area contributed by atoms with Crippen molar-refractivity contribution in [3.8, 4) is 5.75 Å². The Kier molecular flexibility index (Phi) is 3.43. The average Bonchev–Trinajstić information content (AvgIpc) is 2.40. The van der Waals surface area contributed by atoms with Crippen molar-refractivity contribution >= 4 is 17.5 Å². The van der Waals surface area contributed by atoms with E-state index in [1.54, 1.807) is 25.3 Å². The number of pyridine rings is 1. The van der Waals surface area contributed by atoms with Crippen LogP contribution >= 0.6 is 0 Å². The van der Waals surface area contributed by atoms with Gasteiger partial charge in [0.1, 0.15) is 11.6 Å². The summed E-state index contributed by atoms with van der Waals surface area (Å²) in [5.41, 5.74) is 0.643. The first-order valence-electron chi connectivity index (χ1n) is 5.29. The summed E-state index contributed by atoms with van der Waals surface area (Å²) in [6.45, 7) is 0. The zero-order valence-electron chi connectivity index (χ0n) is 9.71. The number of ether oxygens (including phenoxy) is 1. The molecule has 2 aromatic rings. The first-order chi connectivity index (χ1) is 8.72. The van der Waals surface area contributed by atoms with Crippen LogP contribution in [-0.4, -0.2) is 18.1 Å². The second kappa shape index (κ2) is 5.18. The van der Waals surface area contributed by atoms with E-state index in [0.29, 0.717) is 11.4 Å². The highest BCUT2D eigenvalue weighted by atomic mass is 16.5. The van der Waals surface area contributed by atoms with Gasteiger partial charge in [-0.05, 0) is 24.3 Å². The predicted molar refractivity (Wildman–Crippen MR) is 64.8 cm³/mol. The standard InChI is InChI=1S/C13H12N2O3/c1-18-11-7-3-2-6-10(11)15-12-9(13(16)17)5-4-8-14-12/h2-8H,1H3,(H,14,15)(H,16,17)/p-1. The number of nitrogens with one attached hydrogen (secondary N) is 1. The quantitative estimate of drug-likeness (QED) is 0.873. The van der Waals surface area contributed by atoms with Gasteiger partial charge in [0.25, 0.3) is 0 Å². The molecule has 0 unspecified atom stereocenters. The number of rotatable bonds is 4. The van der Waals surface area contributed by atoms with Crippen molar-refractivity contribution < 1.29 is 14.6 Å². The number of carbonyl (C=O) groups excluding carboxylic acids is 1. The number of methoxy groups -OCH3 is 1. The molecule has 0 aliphatic heterocycles. The number of aromatic nitrogens is 1. The van der Waals surface area contributed by atoms with Gasteiger partial charge in [0.15, 0.2) is 0 Å². The van der Waals surface area contributed by atoms with Crippen LogP contribution in [0.15, 0.2) is 42.6 Å². The zero-order chi connectivity index (χ0) is 13.0. The van der Waals surface area contributed by atoms with E-state index in [0.717, 1.165) is 0 Å². The second-order valence-corrected chi connectivity index (χ2v) is 3.51. The SMILES string of the molecule is COc1ccccc1Nc1ncccc1C(=O)[O-]. The second-order valence-electron chi connectivity index (χ2n) is 3.51. The lowest BCUT2D eigenvalue weighted by Gasteiger charge is -2.13. The Balaban J connectivity index is 2.37. The number of anilines is 2. The molecular formula is C13H11N2O3-. The highest BCUT2D eigenvalue weighted by molar-refractivity contribution is 5.92. The highest BCUT2D eigenvalue weighted by Crippen LogP contribution is 2.27. The molecule has 0 bridgehead atoms. The maximum Gasteiger partial charge on any atom is 0.142 e. The van der Waals surface area contributed by atoms with Crippen LogP contribution in [0, 0.1) is 0 Å².